The minimum absolute atomic E-state index is 0.323. The van der Waals surface area contributed by atoms with Crippen molar-refractivity contribution in [2.75, 3.05) is 11.5 Å². The molecule has 0 bridgehead atoms. The first-order valence-electron chi connectivity index (χ1n) is 3.24. The van der Waals surface area contributed by atoms with Gasteiger partial charge in [-0.05, 0) is 23.2 Å². The largest absolute Gasteiger partial charge is 0.281 e. The van der Waals surface area contributed by atoms with Gasteiger partial charge in [0, 0.05) is 24.3 Å². The van der Waals surface area contributed by atoms with Gasteiger partial charge in [-0.25, -0.2) is 0 Å². The van der Waals surface area contributed by atoms with Crippen LogP contribution < -0.4 is 0 Å². The molecule has 0 aliphatic carbocycles. The summed E-state index contributed by atoms with van der Waals surface area (Å²) in [5.74, 6) is 1.37. The molecule has 0 heterocycles. The number of rotatable bonds is 7. The molecule has 0 fully saturated rings. The van der Waals surface area contributed by atoms with Gasteiger partial charge in [0.05, 0.1) is 0 Å². The molecule has 0 saturated carbocycles. The van der Waals surface area contributed by atoms with Crippen molar-refractivity contribution in [3.8, 4) is 0 Å². The summed E-state index contributed by atoms with van der Waals surface area (Å²) in [4.78, 5) is 20.5. The van der Waals surface area contributed by atoms with Gasteiger partial charge in [-0.2, -0.15) is 0 Å². The highest BCUT2D eigenvalue weighted by molar-refractivity contribution is 8.76. The second kappa shape index (κ2) is 8.23. The van der Waals surface area contributed by atoms with Gasteiger partial charge < -0.3 is 0 Å². The first kappa shape index (κ1) is 12.6. The van der Waals surface area contributed by atoms with Crippen molar-refractivity contribution in [1.29, 1.82) is 0 Å². The first-order valence-corrected chi connectivity index (χ1v) is 6.48. The zero-order valence-electron chi connectivity index (χ0n) is 6.22. The Balaban J connectivity index is 3.01. The minimum atomic E-state index is -0.323. The van der Waals surface area contributed by atoms with Crippen molar-refractivity contribution in [2.24, 2.45) is 0 Å². The molecule has 0 aliphatic heterocycles. The maximum absolute atomic E-state index is 10.3. The Hall–Kier alpha value is 0.620. The second-order valence-electron chi connectivity index (χ2n) is 1.85. The summed E-state index contributed by atoms with van der Waals surface area (Å²) in [5, 5.41) is -0.645. The van der Waals surface area contributed by atoms with Crippen molar-refractivity contribution in [3.63, 3.8) is 0 Å². The number of carbonyl (C=O) groups excluding carboxylic acids is 2. The van der Waals surface area contributed by atoms with E-state index in [0.717, 1.165) is 0 Å². The summed E-state index contributed by atoms with van der Waals surface area (Å²) >= 11 is 10.2. The van der Waals surface area contributed by atoms with Crippen molar-refractivity contribution in [3.05, 3.63) is 0 Å². The average molecular weight is 247 g/mol. The molecular weight excluding hydrogens is 239 g/mol. The molecule has 2 nitrogen and oxygen atoms in total. The summed E-state index contributed by atoms with van der Waals surface area (Å²) < 4.78 is 0. The number of halogens is 2. The SMILES string of the molecule is O=C(Cl)CCSSCCC(=O)Cl. The number of hydrogen-bond donors (Lipinski definition) is 0. The quantitative estimate of drug-likeness (QED) is 0.393. The van der Waals surface area contributed by atoms with Crippen molar-refractivity contribution >= 4 is 55.3 Å². The fraction of sp³-hybridized carbons (Fsp3) is 0.667. The highest BCUT2D eigenvalue weighted by atomic mass is 35.5. The van der Waals surface area contributed by atoms with Crippen LogP contribution in [0.15, 0.2) is 0 Å². The highest BCUT2D eigenvalue weighted by Crippen LogP contribution is 2.23. The molecule has 0 unspecified atom stereocenters. The van der Waals surface area contributed by atoms with Crippen LogP contribution in [0.1, 0.15) is 12.8 Å². The van der Waals surface area contributed by atoms with Crippen LogP contribution in [0.25, 0.3) is 0 Å². The number of hydrogen-bond acceptors (Lipinski definition) is 4. The van der Waals surface area contributed by atoms with Gasteiger partial charge >= 0.3 is 0 Å². The Kier molecular flexibility index (Phi) is 8.65. The summed E-state index contributed by atoms with van der Waals surface area (Å²) in [6.07, 6.45) is 0.738. The summed E-state index contributed by atoms with van der Waals surface area (Å²) in [7, 11) is 3.05. The lowest BCUT2D eigenvalue weighted by Gasteiger charge is -1.95. The molecule has 0 aliphatic rings. The molecule has 0 aromatic heterocycles. The first-order chi connectivity index (χ1) is 5.63. The molecule has 0 amide bonds. The Morgan fingerprint density at radius 2 is 1.25 bits per heavy atom. The Morgan fingerprint density at radius 1 is 0.917 bits per heavy atom. The van der Waals surface area contributed by atoms with E-state index >= 15 is 0 Å². The summed E-state index contributed by atoms with van der Waals surface area (Å²) in [6, 6.07) is 0. The fourth-order valence-corrected chi connectivity index (χ4v) is 2.76. The molecule has 0 aromatic rings. The van der Waals surface area contributed by atoms with Gasteiger partial charge in [0.15, 0.2) is 0 Å². The van der Waals surface area contributed by atoms with Crippen LogP contribution in [0.4, 0.5) is 0 Å². The van der Waals surface area contributed by atoms with Gasteiger partial charge in [-0.1, -0.05) is 21.6 Å². The van der Waals surface area contributed by atoms with E-state index in [2.05, 4.69) is 0 Å². The van der Waals surface area contributed by atoms with Crippen LogP contribution in [0.5, 0.6) is 0 Å². The van der Waals surface area contributed by atoms with E-state index < -0.39 is 0 Å². The van der Waals surface area contributed by atoms with E-state index in [1.807, 2.05) is 0 Å². The predicted octanol–water partition coefficient (Wildman–Crippen LogP) is 2.68. The molecule has 0 saturated heterocycles. The van der Waals surface area contributed by atoms with Crippen LogP contribution in [0, 0.1) is 0 Å². The maximum atomic E-state index is 10.3. The molecule has 0 N–H and O–H groups in total. The zero-order chi connectivity index (χ0) is 9.40. The second-order valence-corrected chi connectivity index (χ2v) is 5.40. The third kappa shape index (κ3) is 10.6. The van der Waals surface area contributed by atoms with E-state index in [-0.39, 0.29) is 10.5 Å². The van der Waals surface area contributed by atoms with Crippen molar-refractivity contribution in [2.45, 2.75) is 12.8 Å². The molecule has 0 spiro atoms. The van der Waals surface area contributed by atoms with Gasteiger partial charge in [0.2, 0.25) is 10.5 Å². The van der Waals surface area contributed by atoms with Gasteiger partial charge in [0.1, 0.15) is 0 Å². The summed E-state index contributed by atoms with van der Waals surface area (Å²) in [5.41, 5.74) is 0. The van der Waals surface area contributed by atoms with Crippen LogP contribution in [0.3, 0.4) is 0 Å². The van der Waals surface area contributed by atoms with Crippen LogP contribution >= 0.6 is 44.8 Å². The smallest absolute Gasteiger partial charge is 0.222 e. The minimum Gasteiger partial charge on any atom is -0.281 e. The molecular formula is C6H8Cl2O2S2. The Bertz CT molecular complexity index is 146. The molecule has 6 heteroatoms. The molecule has 0 radical (unpaired) electrons. The third-order valence-corrected chi connectivity index (χ3v) is 3.63. The average Bonchev–Trinajstić information content (AvgIpc) is 1.95. The molecule has 12 heavy (non-hydrogen) atoms. The monoisotopic (exact) mass is 246 g/mol. The molecule has 70 valence electrons. The van der Waals surface area contributed by atoms with E-state index in [1.54, 1.807) is 0 Å². The van der Waals surface area contributed by atoms with Gasteiger partial charge in [0.25, 0.3) is 0 Å². The van der Waals surface area contributed by atoms with E-state index in [0.29, 0.717) is 24.3 Å². The van der Waals surface area contributed by atoms with E-state index in [9.17, 15) is 9.59 Å². The van der Waals surface area contributed by atoms with Crippen molar-refractivity contribution < 1.29 is 9.59 Å². The molecule has 0 rings (SSSR count). The Morgan fingerprint density at radius 3 is 1.50 bits per heavy atom. The van der Waals surface area contributed by atoms with Gasteiger partial charge in [-0.15, -0.1) is 0 Å². The maximum Gasteiger partial charge on any atom is 0.222 e. The third-order valence-electron chi connectivity index (χ3n) is 0.847. The highest BCUT2D eigenvalue weighted by Gasteiger charge is 1.98. The molecule has 0 aromatic carbocycles. The van der Waals surface area contributed by atoms with E-state index in [1.165, 1.54) is 21.6 Å². The van der Waals surface area contributed by atoms with Crippen LogP contribution in [-0.2, 0) is 9.59 Å². The van der Waals surface area contributed by atoms with E-state index in [4.69, 9.17) is 23.2 Å². The lowest BCUT2D eigenvalue weighted by atomic mass is 10.6. The lowest BCUT2D eigenvalue weighted by molar-refractivity contribution is -0.112. The standard InChI is InChI=1S/C6H8Cl2O2S2/c7-5(9)1-3-11-12-4-2-6(8)10/h1-4H2. The van der Waals surface area contributed by atoms with Crippen LogP contribution in [0.2, 0.25) is 0 Å². The van der Waals surface area contributed by atoms with Gasteiger partial charge in [-0.3, -0.25) is 9.59 Å². The predicted molar refractivity (Wildman–Crippen MR) is 55.9 cm³/mol. The Labute approximate surface area is 89.1 Å². The topological polar surface area (TPSA) is 34.1 Å². The lowest BCUT2D eigenvalue weighted by Crippen LogP contribution is -1.89. The van der Waals surface area contributed by atoms with Crippen molar-refractivity contribution in [1.82, 2.24) is 0 Å². The number of carbonyl (C=O) groups is 2. The zero-order valence-corrected chi connectivity index (χ0v) is 9.36. The normalized spacial score (nSPS) is 9.83. The fourth-order valence-electron chi connectivity index (χ4n) is 0.362. The van der Waals surface area contributed by atoms with Crippen LogP contribution in [-0.4, -0.2) is 22.0 Å². The summed E-state index contributed by atoms with van der Waals surface area (Å²) in [6.45, 7) is 0. The molecule has 0 atom stereocenters.